The van der Waals surface area contributed by atoms with Crippen LogP contribution < -0.4 is 5.32 Å². The number of ether oxygens (including phenoxy) is 1. The number of alkyl carbamates (subject to hydrolysis) is 1. The predicted molar refractivity (Wildman–Crippen MR) is 128 cm³/mol. The number of nitrogens with zero attached hydrogens (tertiary/aromatic N) is 1. The standard InChI is InChI=1S/C26H22N2O2S/c29-26(27-15-6-5-8-19-9-7-10-20(16-19)28-18-31)30-17-25-23-13-3-1-11-21(23)22-12-2-4-14-24(22)25/h1-5,7-14,16,25H,6,15,17H2,(H,27,29). The lowest BCUT2D eigenvalue weighted by Gasteiger charge is -2.14. The highest BCUT2D eigenvalue weighted by molar-refractivity contribution is 7.78. The second kappa shape index (κ2) is 9.98. The summed E-state index contributed by atoms with van der Waals surface area (Å²) >= 11 is 4.63. The summed E-state index contributed by atoms with van der Waals surface area (Å²) < 4.78 is 5.54. The van der Waals surface area contributed by atoms with E-state index in [1.54, 1.807) is 0 Å². The Hall–Kier alpha value is -3.53. The topological polar surface area (TPSA) is 50.7 Å². The van der Waals surface area contributed by atoms with Crippen molar-refractivity contribution in [1.82, 2.24) is 5.32 Å². The molecule has 154 valence electrons. The Morgan fingerprint density at radius 2 is 1.74 bits per heavy atom. The van der Waals surface area contributed by atoms with Gasteiger partial charge in [-0.05, 0) is 58.6 Å². The number of fused-ring (bicyclic) bond motifs is 3. The summed E-state index contributed by atoms with van der Waals surface area (Å²) in [5, 5.41) is 5.18. The zero-order valence-electron chi connectivity index (χ0n) is 17.0. The minimum Gasteiger partial charge on any atom is -0.449 e. The molecule has 0 fully saturated rings. The largest absolute Gasteiger partial charge is 0.449 e. The van der Waals surface area contributed by atoms with E-state index >= 15 is 0 Å². The van der Waals surface area contributed by atoms with Gasteiger partial charge in [0.15, 0.2) is 0 Å². The van der Waals surface area contributed by atoms with Crippen molar-refractivity contribution in [2.24, 2.45) is 4.99 Å². The zero-order valence-corrected chi connectivity index (χ0v) is 17.8. The molecule has 1 amide bonds. The third kappa shape index (κ3) is 4.97. The molecule has 0 unspecified atom stereocenters. The molecule has 3 aromatic carbocycles. The van der Waals surface area contributed by atoms with Crippen LogP contribution in [0.3, 0.4) is 0 Å². The van der Waals surface area contributed by atoms with Gasteiger partial charge in [0.25, 0.3) is 0 Å². The van der Waals surface area contributed by atoms with Gasteiger partial charge in [-0.2, -0.15) is 4.99 Å². The first-order valence-corrected chi connectivity index (χ1v) is 10.6. The van der Waals surface area contributed by atoms with E-state index in [1.807, 2.05) is 60.7 Å². The van der Waals surface area contributed by atoms with Crippen LogP contribution in [0, 0.1) is 0 Å². The van der Waals surface area contributed by atoms with Crippen LogP contribution in [0.1, 0.15) is 29.0 Å². The Kier molecular flexibility index (Phi) is 6.68. The highest BCUT2D eigenvalue weighted by Crippen LogP contribution is 2.44. The normalized spacial score (nSPS) is 12.1. The summed E-state index contributed by atoms with van der Waals surface area (Å²) in [6.45, 7) is 0.827. The molecule has 4 rings (SSSR count). The molecule has 0 radical (unpaired) electrons. The van der Waals surface area contributed by atoms with Gasteiger partial charge in [0, 0.05) is 12.5 Å². The van der Waals surface area contributed by atoms with E-state index in [2.05, 4.69) is 52.0 Å². The number of hydrogen-bond donors (Lipinski definition) is 1. The molecular weight excluding hydrogens is 404 g/mol. The molecule has 0 aliphatic heterocycles. The fourth-order valence-corrected chi connectivity index (χ4v) is 3.98. The van der Waals surface area contributed by atoms with Gasteiger partial charge in [-0.3, -0.25) is 0 Å². The fourth-order valence-electron chi connectivity index (χ4n) is 3.88. The molecule has 0 atom stereocenters. The van der Waals surface area contributed by atoms with E-state index in [9.17, 15) is 4.79 Å². The number of nitrogens with one attached hydrogen (secondary N) is 1. The number of isothiocyanates is 1. The number of carbonyl (C=O) groups excluding carboxylic acids is 1. The Labute approximate surface area is 187 Å². The van der Waals surface area contributed by atoms with Crippen LogP contribution in [0.2, 0.25) is 0 Å². The number of amides is 1. The van der Waals surface area contributed by atoms with Crippen molar-refractivity contribution in [2.45, 2.75) is 12.3 Å². The molecule has 5 heteroatoms. The molecule has 3 aromatic rings. The van der Waals surface area contributed by atoms with Gasteiger partial charge in [0.1, 0.15) is 6.61 Å². The van der Waals surface area contributed by atoms with Crippen LogP contribution in [0.5, 0.6) is 0 Å². The summed E-state index contributed by atoms with van der Waals surface area (Å²) in [6.07, 6.45) is 4.30. The van der Waals surface area contributed by atoms with Gasteiger partial charge >= 0.3 is 6.09 Å². The van der Waals surface area contributed by atoms with Crippen LogP contribution in [0.25, 0.3) is 17.2 Å². The second-order valence-electron chi connectivity index (χ2n) is 7.24. The molecule has 1 aliphatic rings. The minimum absolute atomic E-state index is 0.0698. The van der Waals surface area contributed by atoms with Crippen LogP contribution in [0.4, 0.5) is 10.5 Å². The highest BCUT2D eigenvalue weighted by Gasteiger charge is 2.28. The van der Waals surface area contributed by atoms with Gasteiger partial charge < -0.3 is 10.1 Å². The molecule has 0 aromatic heterocycles. The Morgan fingerprint density at radius 3 is 2.45 bits per heavy atom. The molecule has 0 saturated heterocycles. The van der Waals surface area contributed by atoms with Gasteiger partial charge in [-0.25, -0.2) is 4.79 Å². The smallest absolute Gasteiger partial charge is 0.407 e. The molecule has 0 saturated carbocycles. The molecule has 1 N–H and O–H groups in total. The lowest BCUT2D eigenvalue weighted by Crippen LogP contribution is -2.26. The van der Waals surface area contributed by atoms with E-state index in [4.69, 9.17) is 4.74 Å². The number of rotatable bonds is 7. The molecular formula is C26H22N2O2S. The lowest BCUT2D eigenvalue weighted by molar-refractivity contribution is 0.143. The van der Waals surface area contributed by atoms with Crippen molar-refractivity contribution < 1.29 is 9.53 Å². The number of thiocarbonyl (C=S) groups is 1. The van der Waals surface area contributed by atoms with E-state index in [-0.39, 0.29) is 5.92 Å². The van der Waals surface area contributed by atoms with Crippen LogP contribution in [0.15, 0.2) is 83.9 Å². The van der Waals surface area contributed by atoms with Crippen molar-refractivity contribution in [3.8, 4) is 11.1 Å². The zero-order chi connectivity index (χ0) is 21.5. The summed E-state index contributed by atoms with van der Waals surface area (Å²) in [7, 11) is 0. The molecule has 4 nitrogen and oxygen atoms in total. The first-order chi connectivity index (χ1) is 15.3. The number of carbonyl (C=O) groups is 1. The quantitative estimate of drug-likeness (QED) is 0.272. The average Bonchev–Trinajstić information content (AvgIpc) is 3.12. The minimum atomic E-state index is -0.396. The van der Waals surface area contributed by atoms with Crippen molar-refractivity contribution in [3.05, 3.63) is 95.6 Å². The summed E-state index contributed by atoms with van der Waals surface area (Å²) in [6, 6.07) is 24.3. The third-order valence-corrected chi connectivity index (χ3v) is 5.37. The molecule has 31 heavy (non-hydrogen) atoms. The van der Waals surface area contributed by atoms with Gasteiger partial charge in [0.2, 0.25) is 0 Å². The van der Waals surface area contributed by atoms with Crippen molar-refractivity contribution in [2.75, 3.05) is 13.2 Å². The summed E-state index contributed by atoms with van der Waals surface area (Å²) in [4.78, 5) is 16.2. The van der Waals surface area contributed by atoms with Crippen molar-refractivity contribution >= 4 is 35.2 Å². The molecule has 0 spiro atoms. The summed E-state index contributed by atoms with van der Waals surface area (Å²) in [5.74, 6) is 0.0698. The Balaban J connectivity index is 1.27. The lowest BCUT2D eigenvalue weighted by atomic mass is 9.98. The van der Waals surface area contributed by atoms with E-state index < -0.39 is 6.09 Å². The van der Waals surface area contributed by atoms with Crippen LogP contribution >= 0.6 is 12.2 Å². The van der Waals surface area contributed by atoms with Crippen LogP contribution in [-0.2, 0) is 4.74 Å². The third-order valence-electron chi connectivity index (χ3n) is 5.28. The SMILES string of the molecule is O=C(NCCC=Cc1cccc(N=C=S)c1)OCC1c2ccccc2-c2ccccc21. The maximum Gasteiger partial charge on any atom is 0.407 e. The fraction of sp³-hybridized carbons (Fsp3) is 0.154. The van der Waals surface area contributed by atoms with E-state index in [0.717, 1.165) is 11.3 Å². The first kappa shape index (κ1) is 20.7. The number of benzene rings is 3. The Bertz CT molecular complexity index is 1120. The second-order valence-corrected chi connectivity index (χ2v) is 7.42. The maximum absolute atomic E-state index is 12.2. The summed E-state index contributed by atoms with van der Waals surface area (Å²) in [5.41, 5.74) is 6.65. The average molecular weight is 427 g/mol. The molecule has 0 bridgehead atoms. The Morgan fingerprint density at radius 1 is 1.03 bits per heavy atom. The van der Waals surface area contributed by atoms with E-state index in [0.29, 0.717) is 19.6 Å². The molecule has 1 aliphatic carbocycles. The van der Waals surface area contributed by atoms with Gasteiger partial charge in [-0.15, -0.1) is 0 Å². The first-order valence-electron chi connectivity index (χ1n) is 10.2. The predicted octanol–water partition coefficient (Wildman–Crippen LogP) is 6.36. The van der Waals surface area contributed by atoms with Crippen molar-refractivity contribution in [1.29, 1.82) is 0 Å². The monoisotopic (exact) mass is 426 g/mol. The number of aliphatic imine (C=N–C) groups is 1. The number of hydrogen-bond acceptors (Lipinski definition) is 4. The van der Waals surface area contributed by atoms with Gasteiger partial charge in [-0.1, -0.05) is 72.8 Å². The van der Waals surface area contributed by atoms with E-state index in [1.165, 1.54) is 22.3 Å². The highest BCUT2D eigenvalue weighted by atomic mass is 32.1. The van der Waals surface area contributed by atoms with Crippen molar-refractivity contribution in [3.63, 3.8) is 0 Å². The van der Waals surface area contributed by atoms with Crippen LogP contribution in [-0.4, -0.2) is 24.4 Å². The molecule has 0 heterocycles. The maximum atomic E-state index is 12.2. The van der Waals surface area contributed by atoms with Gasteiger partial charge in [0.05, 0.1) is 10.8 Å².